The molecule has 0 fully saturated rings. The molecule has 0 bridgehead atoms. The molecule has 0 radical (unpaired) electrons. The Morgan fingerprint density at radius 2 is 1.89 bits per heavy atom. The first-order valence-corrected chi connectivity index (χ1v) is 6.78. The van der Waals surface area contributed by atoms with Crippen molar-refractivity contribution in [3.05, 3.63) is 45.4 Å². The minimum atomic E-state index is -0.270. The van der Waals surface area contributed by atoms with Gasteiger partial charge in [-0.05, 0) is 18.6 Å². The van der Waals surface area contributed by atoms with Crippen LogP contribution in [0.15, 0.2) is 39.9 Å². The Labute approximate surface area is 116 Å². The smallest absolute Gasteiger partial charge is 0.303 e. The molecule has 1 unspecified atom stereocenters. The lowest BCUT2D eigenvalue weighted by Gasteiger charge is -2.19. The zero-order chi connectivity index (χ0) is 13.5. The summed E-state index contributed by atoms with van der Waals surface area (Å²) in [5.41, 5.74) is 3.59. The van der Waals surface area contributed by atoms with Gasteiger partial charge in [0.25, 0.3) is 0 Å². The van der Waals surface area contributed by atoms with Crippen LogP contribution in [0.4, 0.5) is 0 Å². The Hall–Kier alpha value is -1.09. The zero-order valence-electron chi connectivity index (χ0n) is 11.1. The summed E-state index contributed by atoms with van der Waals surface area (Å²) in [5.74, 6) is -0.251. The minimum Gasteiger partial charge on any atom is -0.453 e. The van der Waals surface area contributed by atoms with Crippen molar-refractivity contribution in [1.82, 2.24) is 0 Å². The van der Waals surface area contributed by atoms with Crippen LogP contribution in [0.3, 0.4) is 0 Å². The van der Waals surface area contributed by atoms with Crippen LogP contribution in [-0.2, 0) is 9.53 Å². The molecule has 1 aromatic rings. The van der Waals surface area contributed by atoms with Crippen molar-refractivity contribution in [2.45, 2.75) is 33.8 Å². The van der Waals surface area contributed by atoms with E-state index in [9.17, 15) is 4.79 Å². The highest BCUT2D eigenvalue weighted by Gasteiger charge is 2.47. The summed E-state index contributed by atoms with van der Waals surface area (Å²) in [4.78, 5) is 11.3. The van der Waals surface area contributed by atoms with Gasteiger partial charge in [-0.3, -0.25) is 4.79 Å². The first kappa shape index (κ1) is 13.3. The fourth-order valence-electron chi connectivity index (χ4n) is 2.35. The van der Waals surface area contributed by atoms with E-state index in [4.69, 9.17) is 4.74 Å². The van der Waals surface area contributed by atoms with Crippen molar-refractivity contribution in [2.24, 2.45) is 5.41 Å². The van der Waals surface area contributed by atoms with Crippen LogP contribution in [0.25, 0.3) is 0 Å². The summed E-state index contributed by atoms with van der Waals surface area (Å²) in [6, 6.07) is 7.88. The molecule has 0 saturated heterocycles. The van der Waals surface area contributed by atoms with E-state index in [1.807, 2.05) is 24.3 Å². The molecule has 18 heavy (non-hydrogen) atoms. The summed E-state index contributed by atoms with van der Waals surface area (Å²) in [6.45, 7) is 7.87. The van der Waals surface area contributed by atoms with Crippen molar-refractivity contribution >= 4 is 21.9 Å². The van der Waals surface area contributed by atoms with Gasteiger partial charge in [-0.2, -0.15) is 0 Å². The molecule has 3 heteroatoms. The standard InChI is InChI=1S/C15H17BrO2/c1-9-13(15(9,3)4)14(18-10(2)17)11-7-5-6-8-12(11)16/h5-8,14H,1-4H3. The summed E-state index contributed by atoms with van der Waals surface area (Å²) >= 11 is 3.53. The van der Waals surface area contributed by atoms with E-state index in [2.05, 4.69) is 36.7 Å². The van der Waals surface area contributed by atoms with Crippen LogP contribution >= 0.6 is 15.9 Å². The average molecular weight is 309 g/mol. The number of benzene rings is 1. The molecule has 0 heterocycles. The Balaban J connectivity index is 2.40. The quantitative estimate of drug-likeness (QED) is 0.610. The Bertz CT molecular complexity index is 529. The van der Waals surface area contributed by atoms with Crippen LogP contribution in [0.1, 0.15) is 39.4 Å². The molecular formula is C15H17BrO2. The molecule has 96 valence electrons. The summed E-state index contributed by atoms with van der Waals surface area (Å²) in [7, 11) is 0. The maximum Gasteiger partial charge on any atom is 0.303 e. The number of hydrogen-bond acceptors (Lipinski definition) is 2. The third-order valence-corrected chi connectivity index (χ3v) is 4.41. The van der Waals surface area contributed by atoms with Crippen LogP contribution in [0.5, 0.6) is 0 Å². The second-order valence-corrected chi connectivity index (χ2v) is 6.03. The highest BCUT2D eigenvalue weighted by molar-refractivity contribution is 9.10. The van der Waals surface area contributed by atoms with Gasteiger partial charge >= 0.3 is 5.97 Å². The van der Waals surface area contributed by atoms with Gasteiger partial charge in [-0.15, -0.1) is 0 Å². The van der Waals surface area contributed by atoms with Crippen LogP contribution in [0.2, 0.25) is 0 Å². The molecule has 1 aliphatic rings. The molecule has 1 aromatic carbocycles. The van der Waals surface area contributed by atoms with Gasteiger partial charge in [0.05, 0.1) is 0 Å². The lowest BCUT2D eigenvalue weighted by Crippen LogP contribution is -2.11. The lowest BCUT2D eigenvalue weighted by molar-refractivity contribution is -0.145. The van der Waals surface area contributed by atoms with E-state index >= 15 is 0 Å². The summed E-state index contributed by atoms with van der Waals surface area (Å²) in [6.07, 6.45) is -0.270. The number of ether oxygens (including phenoxy) is 1. The van der Waals surface area contributed by atoms with Gasteiger partial charge in [-0.1, -0.05) is 53.5 Å². The van der Waals surface area contributed by atoms with Gasteiger partial charge in [0.2, 0.25) is 0 Å². The Morgan fingerprint density at radius 1 is 1.33 bits per heavy atom. The molecule has 0 spiro atoms. The molecule has 0 saturated carbocycles. The van der Waals surface area contributed by atoms with Gasteiger partial charge in [0, 0.05) is 22.4 Å². The normalized spacial score (nSPS) is 18.5. The number of allylic oxidation sites excluding steroid dienone is 1. The number of halogens is 1. The zero-order valence-corrected chi connectivity index (χ0v) is 12.7. The number of carbonyl (C=O) groups is 1. The van der Waals surface area contributed by atoms with E-state index in [0.717, 1.165) is 10.0 Å². The molecule has 0 aromatic heterocycles. The van der Waals surface area contributed by atoms with Crippen molar-refractivity contribution in [3.8, 4) is 0 Å². The van der Waals surface area contributed by atoms with E-state index in [1.165, 1.54) is 18.1 Å². The van der Waals surface area contributed by atoms with E-state index < -0.39 is 0 Å². The third kappa shape index (κ3) is 2.24. The second-order valence-electron chi connectivity index (χ2n) is 5.17. The fraction of sp³-hybridized carbons (Fsp3) is 0.400. The highest BCUT2D eigenvalue weighted by Crippen LogP contribution is 2.58. The van der Waals surface area contributed by atoms with Gasteiger partial charge in [0.15, 0.2) is 6.10 Å². The molecule has 0 N–H and O–H groups in total. The predicted molar refractivity (Wildman–Crippen MR) is 75.1 cm³/mol. The monoisotopic (exact) mass is 308 g/mol. The van der Waals surface area contributed by atoms with E-state index in [1.54, 1.807) is 0 Å². The predicted octanol–water partition coefficient (Wildman–Crippen LogP) is 4.41. The fourth-order valence-corrected chi connectivity index (χ4v) is 2.84. The molecule has 0 aliphatic heterocycles. The van der Waals surface area contributed by atoms with E-state index in [-0.39, 0.29) is 17.5 Å². The second kappa shape index (κ2) is 4.54. The van der Waals surface area contributed by atoms with Crippen LogP contribution in [-0.4, -0.2) is 5.97 Å². The molecule has 2 rings (SSSR count). The summed E-state index contributed by atoms with van der Waals surface area (Å²) < 4.78 is 6.49. The molecule has 1 atom stereocenters. The van der Waals surface area contributed by atoms with E-state index in [0.29, 0.717) is 0 Å². The van der Waals surface area contributed by atoms with Crippen molar-refractivity contribution < 1.29 is 9.53 Å². The number of carbonyl (C=O) groups excluding carboxylic acids is 1. The van der Waals surface area contributed by atoms with Crippen LogP contribution < -0.4 is 0 Å². The van der Waals surface area contributed by atoms with Gasteiger partial charge in [0.1, 0.15) is 0 Å². The number of hydrogen-bond donors (Lipinski definition) is 0. The largest absolute Gasteiger partial charge is 0.453 e. The van der Waals surface area contributed by atoms with Crippen molar-refractivity contribution in [2.75, 3.05) is 0 Å². The Morgan fingerprint density at radius 3 is 2.33 bits per heavy atom. The van der Waals surface area contributed by atoms with Crippen molar-refractivity contribution in [1.29, 1.82) is 0 Å². The maximum atomic E-state index is 11.3. The number of esters is 1. The van der Waals surface area contributed by atoms with Gasteiger partial charge in [-0.25, -0.2) is 0 Å². The molecule has 1 aliphatic carbocycles. The topological polar surface area (TPSA) is 26.3 Å². The highest BCUT2D eigenvalue weighted by atomic mass is 79.9. The average Bonchev–Trinajstić information content (AvgIpc) is 2.76. The van der Waals surface area contributed by atoms with Crippen molar-refractivity contribution in [3.63, 3.8) is 0 Å². The maximum absolute atomic E-state index is 11.3. The number of rotatable bonds is 3. The molecule has 2 nitrogen and oxygen atoms in total. The molecule has 0 amide bonds. The Kier molecular flexibility index (Phi) is 3.37. The van der Waals surface area contributed by atoms with Gasteiger partial charge < -0.3 is 4.74 Å². The minimum absolute atomic E-state index is 0.0649. The van der Waals surface area contributed by atoms with Crippen LogP contribution in [0, 0.1) is 5.41 Å². The first-order valence-electron chi connectivity index (χ1n) is 5.99. The SMILES string of the molecule is CC(=O)OC(C1=C(C)C1(C)C)c1ccccc1Br. The molecular weight excluding hydrogens is 292 g/mol. The first-order chi connectivity index (χ1) is 8.35. The lowest BCUT2D eigenvalue weighted by atomic mass is 9.97. The summed E-state index contributed by atoms with van der Waals surface area (Å²) in [5, 5.41) is 0. The third-order valence-electron chi connectivity index (χ3n) is 3.69.